The molecule has 0 spiro atoms. The summed E-state index contributed by atoms with van der Waals surface area (Å²) in [5.41, 5.74) is 1.12. The van der Waals surface area contributed by atoms with Crippen molar-refractivity contribution in [3.8, 4) is 5.75 Å². The monoisotopic (exact) mass is 356 g/mol. The van der Waals surface area contributed by atoms with Gasteiger partial charge in [0.15, 0.2) is 0 Å². The highest BCUT2D eigenvalue weighted by molar-refractivity contribution is 9.10. The van der Waals surface area contributed by atoms with Crippen LogP contribution in [0.1, 0.15) is 29.8 Å². The third-order valence-corrected chi connectivity index (χ3v) is 4.08. The number of rotatable bonds is 1. The molecule has 1 N–H and O–H groups in total. The minimum Gasteiger partial charge on any atom is -0.485 e. The second-order valence-electron chi connectivity index (χ2n) is 4.71. The molecule has 0 aromatic heterocycles. The maximum atomic E-state index is 14.0. The molecular weight excluding hydrogens is 347 g/mol. The zero-order valence-electron chi connectivity index (χ0n) is 10.3. The van der Waals surface area contributed by atoms with Crippen molar-refractivity contribution in [1.29, 1.82) is 0 Å². The van der Waals surface area contributed by atoms with Crippen molar-refractivity contribution in [3.63, 3.8) is 0 Å². The first-order chi connectivity index (χ1) is 9.54. The largest absolute Gasteiger partial charge is 0.485 e. The Kier molecular flexibility index (Phi) is 3.71. The van der Waals surface area contributed by atoms with E-state index in [1.54, 1.807) is 24.3 Å². The van der Waals surface area contributed by atoms with Gasteiger partial charge in [-0.3, -0.25) is 0 Å². The van der Waals surface area contributed by atoms with Crippen molar-refractivity contribution < 1.29 is 14.2 Å². The lowest BCUT2D eigenvalue weighted by Crippen LogP contribution is -2.20. The van der Waals surface area contributed by atoms with Crippen LogP contribution in [0.2, 0.25) is 5.02 Å². The fourth-order valence-electron chi connectivity index (χ4n) is 2.37. The van der Waals surface area contributed by atoms with Crippen LogP contribution in [0.15, 0.2) is 40.9 Å². The molecule has 0 aliphatic carbocycles. The molecule has 104 valence electrons. The third kappa shape index (κ3) is 2.55. The third-order valence-electron chi connectivity index (χ3n) is 3.35. The maximum absolute atomic E-state index is 14.0. The maximum Gasteiger partial charge on any atom is 0.131 e. The topological polar surface area (TPSA) is 29.5 Å². The normalized spacial score (nSPS) is 21.2. The zero-order chi connectivity index (χ0) is 14.3. The van der Waals surface area contributed by atoms with Gasteiger partial charge in [-0.2, -0.15) is 0 Å². The zero-order valence-corrected chi connectivity index (χ0v) is 12.7. The smallest absolute Gasteiger partial charge is 0.131 e. The Morgan fingerprint density at radius 1 is 1.20 bits per heavy atom. The number of aliphatic hydroxyl groups excluding tert-OH is 1. The lowest BCUT2D eigenvalue weighted by molar-refractivity contribution is 0.0639. The molecule has 0 bridgehead atoms. The average molecular weight is 358 g/mol. The molecule has 1 unspecified atom stereocenters. The van der Waals surface area contributed by atoms with E-state index in [1.807, 2.05) is 6.07 Å². The summed E-state index contributed by atoms with van der Waals surface area (Å²) in [5, 5.41) is 10.5. The highest BCUT2D eigenvalue weighted by atomic mass is 79.9. The summed E-state index contributed by atoms with van der Waals surface area (Å²) in [6.45, 7) is 0. The molecule has 2 nitrogen and oxygen atoms in total. The van der Waals surface area contributed by atoms with Crippen molar-refractivity contribution >= 4 is 27.5 Å². The van der Waals surface area contributed by atoms with Gasteiger partial charge in [-0.1, -0.05) is 39.7 Å². The second kappa shape index (κ2) is 5.35. The molecule has 1 aliphatic rings. The van der Waals surface area contributed by atoms with Crippen LogP contribution in [0.4, 0.5) is 4.39 Å². The number of hydrogen-bond donors (Lipinski definition) is 1. The van der Waals surface area contributed by atoms with E-state index in [9.17, 15) is 9.50 Å². The number of halogens is 3. The Bertz CT molecular complexity index is 662. The van der Waals surface area contributed by atoms with Crippen molar-refractivity contribution in [2.24, 2.45) is 0 Å². The van der Waals surface area contributed by atoms with E-state index in [-0.39, 0.29) is 0 Å². The van der Waals surface area contributed by atoms with Gasteiger partial charge < -0.3 is 9.84 Å². The Morgan fingerprint density at radius 3 is 2.70 bits per heavy atom. The first-order valence-corrected chi connectivity index (χ1v) is 7.31. The summed E-state index contributed by atoms with van der Waals surface area (Å²) >= 11 is 9.11. The number of hydrogen-bond acceptors (Lipinski definition) is 2. The standard InChI is InChI=1S/C15H11BrClFO2/c16-8-1-3-11-13(19)7-15(20-14(11)5-8)10-4-2-9(17)6-12(10)18/h1-6,13,15,19H,7H2/t13-,15?/m0/s1. The molecule has 20 heavy (non-hydrogen) atoms. The van der Waals surface area contributed by atoms with Gasteiger partial charge in [0.25, 0.3) is 0 Å². The molecule has 0 saturated heterocycles. The second-order valence-corrected chi connectivity index (χ2v) is 6.06. The van der Waals surface area contributed by atoms with Crippen molar-refractivity contribution in [3.05, 3.63) is 62.8 Å². The quantitative estimate of drug-likeness (QED) is 0.794. The van der Waals surface area contributed by atoms with Gasteiger partial charge in [0, 0.05) is 27.0 Å². The summed E-state index contributed by atoms with van der Waals surface area (Å²) < 4.78 is 20.6. The van der Waals surface area contributed by atoms with E-state index in [4.69, 9.17) is 16.3 Å². The van der Waals surface area contributed by atoms with Gasteiger partial charge >= 0.3 is 0 Å². The molecule has 2 aromatic rings. The predicted molar refractivity (Wildman–Crippen MR) is 78.5 cm³/mol. The van der Waals surface area contributed by atoms with E-state index < -0.39 is 18.0 Å². The molecule has 1 aliphatic heterocycles. The molecule has 0 radical (unpaired) electrons. The first-order valence-electron chi connectivity index (χ1n) is 6.13. The van der Waals surface area contributed by atoms with Gasteiger partial charge in [0.1, 0.15) is 17.7 Å². The van der Waals surface area contributed by atoms with Crippen LogP contribution in [0.3, 0.4) is 0 Å². The molecule has 0 amide bonds. The highest BCUT2D eigenvalue weighted by Gasteiger charge is 2.29. The van der Waals surface area contributed by atoms with Crippen LogP contribution in [-0.2, 0) is 0 Å². The van der Waals surface area contributed by atoms with Crippen LogP contribution >= 0.6 is 27.5 Å². The number of ether oxygens (including phenoxy) is 1. The van der Waals surface area contributed by atoms with E-state index in [0.29, 0.717) is 22.8 Å². The van der Waals surface area contributed by atoms with E-state index in [0.717, 1.165) is 10.0 Å². The number of benzene rings is 2. The summed E-state index contributed by atoms with van der Waals surface area (Å²) in [6, 6.07) is 9.89. The van der Waals surface area contributed by atoms with E-state index >= 15 is 0 Å². The van der Waals surface area contributed by atoms with Gasteiger partial charge in [0.2, 0.25) is 0 Å². The summed E-state index contributed by atoms with van der Waals surface area (Å²) in [5.74, 6) is 0.144. The molecule has 0 saturated carbocycles. The molecule has 1 heterocycles. The Balaban J connectivity index is 1.98. The summed E-state index contributed by atoms with van der Waals surface area (Å²) in [4.78, 5) is 0. The van der Waals surface area contributed by atoms with Crippen LogP contribution in [0, 0.1) is 5.82 Å². The van der Waals surface area contributed by atoms with Crippen LogP contribution < -0.4 is 4.74 Å². The first kappa shape index (κ1) is 13.9. The number of fused-ring (bicyclic) bond motifs is 1. The lowest BCUT2D eigenvalue weighted by Gasteiger charge is -2.30. The fraction of sp³-hybridized carbons (Fsp3) is 0.200. The van der Waals surface area contributed by atoms with E-state index in [2.05, 4.69) is 15.9 Å². The summed E-state index contributed by atoms with van der Waals surface area (Å²) in [6.07, 6.45) is -0.885. The SMILES string of the molecule is O[C@H]1CC(c2ccc(Cl)cc2F)Oc2cc(Br)ccc21. The predicted octanol–water partition coefficient (Wildman–Crippen LogP) is 4.80. The van der Waals surface area contributed by atoms with Gasteiger partial charge in [-0.15, -0.1) is 0 Å². The summed E-state index contributed by atoms with van der Waals surface area (Å²) in [7, 11) is 0. The molecule has 2 atom stereocenters. The van der Waals surface area contributed by atoms with Gasteiger partial charge in [0.05, 0.1) is 6.10 Å². The van der Waals surface area contributed by atoms with E-state index in [1.165, 1.54) is 6.07 Å². The molecule has 2 aromatic carbocycles. The van der Waals surface area contributed by atoms with Crippen molar-refractivity contribution in [1.82, 2.24) is 0 Å². The molecular formula is C15H11BrClFO2. The van der Waals surface area contributed by atoms with Crippen molar-refractivity contribution in [2.75, 3.05) is 0 Å². The number of aliphatic hydroxyl groups is 1. The van der Waals surface area contributed by atoms with Gasteiger partial charge in [-0.25, -0.2) is 4.39 Å². The van der Waals surface area contributed by atoms with Crippen molar-refractivity contribution in [2.45, 2.75) is 18.6 Å². The molecule has 0 fully saturated rings. The fourth-order valence-corrected chi connectivity index (χ4v) is 2.87. The Hall–Kier alpha value is -1.10. The minimum atomic E-state index is -0.674. The van der Waals surface area contributed by atoms with Crippen LogP contribution in [0.5, 0.6) is 5.75 Å². The highest BCUT2D eigenvalue weighted by Crippen LogP contribution is 2.42. The molecule has 3 rings (SSSR count). The Morgan fingerprint density at radius 2 is 1.95 bits per heavy atom. The minimum absolute atomic E-state index is 0.313. The average Bonchev–Trinajstić information content (AvgIpc) is 2.37. The van der Waals surface area contributed by atoms with Gasteiger partial charge in [-0.05, 0) is 24.3 Å². The Labute approximate surface area is 129 Å². The van der Waals surface area contributed by atoms with Crippen LogP contribution in [0.25, 0.3) is 0 Å². The van der Waals surface area contributed by atoms with Crippen LogP contribution in [-0.4, -0.2) is 5.11 Å². The molecule has 5 heteroatoms. The lowest BCUT2D eigenvalue weighted by atomic mass is 9.95.